The Hall–Kier alpha value is -1.58. The quantitative estimate of drug-likeness (QED) is 0.716. The molecular formula is C10H11N3O2S. The number of hydrogen-bond donors (Lipinski definition) is 0. The van der Waals surface area contributed by atoms with Crippen LogP contribution in [-0.4, -0.2) is 32.9 Å². The second-order valence-corrected chi connectivity index (χ2v) is 5.52. The summed E-state index contributed by atoms with van der Waals surface area (Å²) in [7, 11) is -1.84. The molecule has 0 spiro atoms. The third kappa shape index (κ3) is 1.64. The minimum atomic E-state index is -3.39. The molecule has 84 valence electrons. The van der Waals surface area contributed by atoms with Gasteiger partial charge in [-0.25, -0.2) is 0 Å². The number of benzene rings is 1. The number of nitrogens with zero attached hydrogens (tertiary/aromatic N) is 3. The largest absolute Gasteiger partial charge is 0.303 e. The maximum atomic E-state index is 11.9. The molecule has 1 aromatic rings. The molecule has 0 N–H and O–H groups in total. The van der Waals surface area contributed by atoms with Gasteiger partial charge in [0.2, 0.25) is 0 Å². The predicted molar refractivity (Wildman–Crippen MR) is 60.1 cm³/mol. The van der Waals surface area contributed by atoms with E-state index in [1.165, 1.54) is 8.61 Å². The Bertz CT molecular complexity index is 547. The second-order valence-electron chi connectivity index (χ2n) is 3.56. The molecule has 1 aliphatic rings. The zero-order valence-corrected chi connectivity index (χ0v) is 9.61. The number of anilines is 1. The molecule has 16 heavy (non-hydrogen) atoms. The summed E-state index contributed by atoms with van der Waals surface area (Å²) in [5.41, 5.74) is 1.01. The number of nitriles is 1. The van der Waals surface area contributed by atoms with E-state index in [1.807, 2.05) is 6.07 Å². The third-order valence-electron chi connectivity index (χ3n) is 2.55. The van der Waals surface area contributed by atoms with E-state index in [9.17, 15) is 8.42 Å². The fraction of sp³-hybridized carbons (Fsp3) is 0.300. The maximum absolute atomic E-state index is 11.9. The fourth-order valence-electron chi connectivity index (χ4n) is 1.62. The Kier molecular flexibility index (Phi) is 2.58. The molecule has 1 fully saturated rings. The Labute approximate surface area is 94.7 Å². The van der Waals surface area contributed by atoms with Crippen molar-refractivity contribution in [3.63, 3.8) is 0 Å². The summed E-state index contributed by atoms with van der Waals surface area (Å²) < 4.78 is 26.3. The van der Waals surface area contributed by atoms with Crippen molar-refractivity contribution in [2.75, 3.05) is 24.4 Å². The van der Waals surface area contributed by atoms with Crippen LogP contribution in [0.15, 0.2) is 24.3 Å². The minimum Gasteiger partial charge on any atom is -0.256 e. The first-order valence-corrected chi connectivity index (χ1v) is 6.19. The molecule has 0 atom stereocenters. The monoisotopic (exact) mass is 237 g/mol. The summed E-state index contributed by atoms with van der Waals surface area (Å²) in [5, 5.41) is 8.76. The molecular weight excluding hydrogens is 226 g/mol. The molecule has 0 aliphatic carbocycles. The molecule has 0 bridgehead atoms. The van der Waals surface area contributed by atoms with E-state index in [0.717, 1.165) is 0 Å². The average Bonchev–Trinajstić information content (AvgIpc) is 2.54. The molecule has 5 nitrogen and oxygen atoms in total. The molecule has 0 radical (unpaired) electrons. The van der Waals surface area contributed by atoms with Crippen LogP contribution < -0.4 is 4.31 Å². The van der Waals surface area contributed by atoms with Crippen molar-refractivity contribution in [2.24, 2.45) is 0 Å². The van der Waals surface area contributed by atoms with Crippen LogP contribution in [0, 0.1) is 11.3 Å². The van der Waals surface area contributed by atoms with E-state index in [4.69, 9.17) is 5.26 Å². The van der Waals surface area contributed by atoms with E-state index in [1.54, 1.807) is 31.3 Å². The Morgan fingerprint density at radius 3 is 2.69 bits per heavy atom. The predicted octanol–water partition coefficient (Wildman–Crippen LogP) is 0.555. The number of hydrogen-bond acceptors (Lipinski definition) is 3. The standard InChI is InChI=1S/C10H11N3O2S/c1-12-5-6-13(16(12,14)15)10-4-2-3-9(7-10)8-11/h2-4,7H,5-6H2,1H3. The topological polar surface area (TPSA) is 64.4 Å². The summed E-state index contributed by atoms with van der Waals surface area (Å²) in [6.45, 7) is 0.896. The van der Waals surface area contributed by atoms with Gasteiger partial charge in [0.1, 0.15) is 0 Å². The van der Waals surface area contributed by atoms with Crippen molar-refractivity contribution in [1.82, 2.24) is 4.31 Å². The highest BCUT2D eigenvalue weighted by molar-refractivity contribution is 7.90. The van der Waals surface area contributed by atoms with Gasteiger partial charge < -0.3 is 0 Å². The molecule has 2 rings (SSSR count). The Balaban J connectivity index is 2.43. The Morgan fingerprint density at radius 2 is 2.12 bits per heavy atom. The van der Waals surface area contributed by atoms with Gasteiger partial charge in [-0.05, 0) is 18.2 Å². The lowest BCUT2D eigenvalue weighted by molar-refractivity contribution is 0.511. The van der Waals surface area contributed by atoms with Crippen LogP contribution >= 0.6 is 0 Å². The first kappa shape index (κ1) is 10.9. The van der Waals surface area contributed by atoms with Crippen molar-refractivity contribution in [3.05, 3.63) is 29.8 Å². The van der Waals surface area contributed by atoms with E-state index in [0.29, 0.717) is 24.3 Å². The molecule has 0 unspecified atom stereocenters. The maximum Gasteiger partial charge on any atom is 0.303 e. The van der Waals surface area contributed by atoms with Gasteiger partial charge in [0.05, 0.1) is 17.3 Å². The van der Waals surface area contributed by atoms with Gasteiger partial charge >= 0.3 is 10.2 Å². The van der Waals surface area contributed by atoms with Crippen molar-refractivity contribution >= 4 is 15.9 Å². The van der Waals surface area contributed by atoms with E-state index in [2.05, 4.69) is 0 Å². The Morgan fingerprint density at radius 1 is 1.38 bits per heavy atom. The lowest BCUT2D eigenvalue weighted by Crippen LogP contribution is -2.30. The van der Waals surface area contributed by atoms with Crippen LogP contribution in [0.3, 0.4) is 0 Å². The van der Waals surface area contributed by atoms with E-state index in [-0.39, 0.29) is 0 Å². The van der Waals surface area contributed by atoms with Crippen LogP contribution in [0.5, 0.6) is 0 Å². The summed E-state index contributed by atoms with van der Waals surface area (Å²) in [6, 6.07) is 8.60. The molecule has 0 amide bonds. The summed E-state index contributed by atoms with van der Waals surface area (Å²) >= 11 is 0. The van der Waals surface area contributed by atoms with Crippen molar-refractivity contribution in [1.29, 1.82) is 5.26 Å². The normalized spacial score (nSPS) is 19.6. The van der Waals surface area contributed by atoms with E-state index < -0.39 is 10.2 Å². The summed E-state index contributed by atoms with van der Waals surface area (Å²) in [4.78, 5) is 0. The summed E-state index contributed by atoms with van der Waals surface area (Å²) in [5.74, 6) is 0. The first-order chi connectivity index (χ1) is 7.55. The van der Waals surface area contributed by atoms with Crippen LogP contribution in [0.2, 0.25) is 0 Å². The molecule has 1 saturated heterocycles. The van der Waals surface area contributed by atoms with Gasteiger partial charge in [0.15, 0.2) is 0 Å². The lowest BCUT2D eigenvalue weighted by Gasteiger charge is -2.17. The van der Waals surface area contributed by atoms with Crippen LogP contribution in [-0.2, 0) is 10.2 Å². The zero-order chi connectivity index (χ0) is 11.8. The number of rotatable bonds is 1. The highest BCUT2D eigenvalue weighted by atomic mass is 32.2. The first-order valence-electron chi connectivity index (χ1n) is 4.80. The average molecular weight is 237 g/mol. The second kappa shape index (κ2) is 3.77. The minimum absolute atomic E-state index is 0.424. The number of likely N-dealkylation sites (N-methyl/N-ethyl adjacent to an activating group) is 1. The van der Waals surface area contributed by atoms with E-state index >= 15 is 0 Å². The van der Waals surface area contributed by atoms with Crippen molar-refractivity contribution < 1.29 is 8.42 Å². The van der Waals surface area contributed by atoms with Gasteiger partial charge in [-0.3, -0.25) is 4.31 Å². The van der Waals surface area contributed by atoms with Gasteiger partial charge in [0.25, 0.3) is 0 Å². The van der Waals surface area contributed by atoms with Gasteiger partial charge in [-0.15, -0.1) is 0 Å². The van der Waals surface area contributed by atoms with Crippen LogP contribution in [0.1, 0.15) is 5.56 Å². The van der Waals surface area contributed by atoms with Crippen LogP contribution in [0.4, 0.5) is 5.69 Å². The summed E-state index contributed by atoms with van der Waals surface area (Å²) in [6.07, 6.45) is 0. The van der Waals surface area contributed by atoms with Gasteiger partial charge in [-0.2, -0.15) is 18.0 Å². The fourth-order valence-corrected chi connectivity index (χ4v) is 2.96. The molecule has 1 aromatic carbocycles. The molecule has 1 heterocycles. The molecule has 6 heteroatoms. The highest BCUT2D eigenvalue weighted by Crippen LogP contribution is 2.24. The smallest absolute Gasteiger partial charge is 0.256 e. The highest BCUT2D eigenvalue weighted by Gasteiger charge is 2.33. The van der Waals surface area contributed by atoms with Crippen LogP contribution in [0.25, 0.3) is 0 Å². The molecule has 1 aliphatic heterocycles. The lowest BCUT2D eigenvalue weighted by atomic mass is 10.2. The molecule has 0 saturated carbocycles. The van der Waals surface area contributed by atoms with Crippen molar-refractivity contribution in [2.45, 2.75) is 0 Å². The third-order valence-corrected chi connectivity index (χ3v) is 4.47. The zero-order valence-electron chi connectivity index (χ0n) is 8.79. The van der Waals surface area contributed by atoms with Crippen molar-refractivity contribution in [3.8, 4) is 6.07 Å². The van der Waals surface area contributed by atoms with Gasteiger partial charge in [0, 0.05) is 20.1 Å². The SMILES string of the molecule is CN1CCN(c2cccc(C#N)c2)S1(=O)=O. The molecule has 0 aromatic heterocycles. The van der Waals surface area contributed by atoms with Gasteiger partial charge in [-0.1, -0.05) is 6.07 Å².